The Balaban J connectivity index is 1.22. The minimum atomic E-state index is 0.0566. The molecule has 2 fully saturated rings. The Morgan fingerprint density at radius 2 is 1.92 bits per heavy atom. The smallest absolute Gasteiger partial charge is 0.227 e. The lowest BCUT2D eigenvalue weighted by atomic mass is 10.0. The average Bonchev–Trinajstić information content (AvgIpc) is 3.39. The van der Waals surface area contributed by atoms with Gasteiger partial charge in [0.25, 0.3) is 0 Å². The number of rotatable bonds is 6. The molecule has 0 atom stereocenters. The monoisotopic (exact) mass is 374 g/mol. The lowest BCUT2D eigenvalue weighted by molar-refractivity contribution is -0.122. The molecule has 4 rings (SSSR count). The molecule has 2 aromatic rings. The predicted molar refractivity (Wildman–Crippen MR) is 98.8 cm³/mol. The highest BCUT2D eigenvalue weighted by Gasteiger charge is 2.32. The number of likely N-dealkylation sites (tertiary alicyclic amines) is 1. The first-order valence-electron chi connectivity index (χ1n) is 9.29. The Morgan fingerprint density at radius 1 is 1.19 bits per heavy atom. The zero-order valence-corrected chi connectivity index (χ0v) is 15.4. The van der Waals surface area contributed by atoms with E-state index in [0.29, 0.717) is 35.6 Å². The van der Waals surface area contributed by atoms with E-state index in [1.165, 1.54) is 12.8 Å². The van der Waals surface area contributed by atoms with E-state index in [1.54, 1.807) is 12.1 Å². The van der Waals surface area contributed by atoms with Crippen LogP contribution in [0.15, 0.2) is 28.8 Å². The maximum Gasteiger partial charge on any atom is 0.227 e. The summed E-state index contributed by atoms with van der Waals surface area (Å²) in [6, 6.07) is 8.38. The summed E-state index contributed by atoms with van der Waals surface area (Å²) in [6.45, 7) is 2.20. The molecule has 1 aliphatic heterocycles. The highest BCUT2D eigenvalue weighted by Crippen LogP contribution is 2.29. The van der Waals surface area contributed by atoms with Gasteiger partial charge in [-0.25, -0.2) is 0 Å². The molecular formula is C19H23ClN4O2. The number of hydrogen-bond acceptors (Lipinski definition) is 5. The molecule has 1 aromatic carbocycles. The number of carbonyl (C=O) groups excluding carboxylic acids is 1. The maximum atomic E-state index is 12.2. The van der Waals surface area contributed by atoms with Crippen LogP contribution >= 0.6 is 11.6 Å². The molecule has 6 nitrogen and oxygen atoms in total. The first-order valence-corrected chi connectivity index (χ1v) is 9.67. The fraction of sp³-hybridized carbons (Fsp3) is 0.526. The maximum absolute atomic E-state index is 12.2. The summed E-state index contributed by atoms with van der Waals surface area (Å²) >= 11 is 5.88. The van der Waals surface area contributed by atoms with Gasteiger partial charge < -0.3 is 14.7 Å². The van der Waals surface area contributed by atoms with Gasteiger partial charge in [0, 0.05) is 48.6 Å². The molecule has 26 heavy (non-hydrogen) atoms. The van der Waals surface area contributed by atoms with Gasteiger partial charge in [-0.3, -0.25) is 4.79 Å². The summed E-state index contributed by atoms with van der Waals surface area (Å²) in [5.41, 5.74) is 0.844. The van der Waals surface area contributed by atoms with Crippen molar-refractivity contribution >= 4 is 17.5 Å². The first kappa shape index (κ1) is 17.5. The Morgan fingerprint density at radius 3 is 2.62 bits per heavy atom. The molecule has 2 aliphatic rings. The van der Waals surface area contributed by atoms with Crippen molar-refractivity contribution in [3.8, 4) is 11.4 Å². The fourth-order valence-electron chi connectivity index (χ4n) is 3.44. The molecule has 1 aliphatic carbocycles. The zero-order valence-electron chi connectivity index (χ0n) is 14.7. The summed E-state index contributed by atoms with van der Waals surface area (Å²) in [5.74, 6) is 1.05. The van der Waals surface area contributed by atoms with E-state index < -0.39 is 0 Å². The Kier molecular flexibility index (Phi) is 5.22. The van der Waals surface area contributed by atoms with Crippen LogP contribution in [0.25, 0.3) is 11.4 Å². The fourth-order valence-corrected chi connectivity index (χ4v) is 3.57. The molecule has 138 valence electrons. The van der Waals surface area contributed by atoms with Crippen LogP contribution in [0.3, 0.4) is 0 Å². The molecule has 1 aromatic heterocycles. The van der Waals surface area contributed by atoms with Gasteiger partial charge in [0.2, 0.25) is 17.6 Å². The van der Waals surface area contributed by atoms with Crippen LogP contribution in [-0.4, -0.2) is 46.1 Å². The second-order valence-corrected chi connectivity index (χ2v) is 7.56. The van der Waals surface area contributed by atoms with Gasteiger partial charge in [-0.15, -0.1) is 0 Å². The van der Waals surface area contributed by atoms with Crippen molar-refractivity contribution in [3.05, 3.63) is 35.2 Å². The van der Waals surface area contributed by atoms with Crippen molar-refractivity contribution in [2.75, 3.05) is 13.1 Å². The topological polar surface area (TPSA) is 71.3 Å². The van der Waals surface area contributed by atoms with Crippen LogP contribution in [-0.2, 0) is 11.2 Å². The van der Waals surface area contributed by atoms with Gasteiger partial charge in [0.15, 0.2) is 0 Å². The summed E-state index contributed by atoms with van der Waals surface area (Å²) < 4.78 is 5.26. The zero-order chi connectivity index (χ0) is 17.9. The van der Waals surface area contributed by atoms with Gasteiger partial charge in [-0.1, -0.05) is 16.8 Å². The molecule has 0 spiro atoms. The summed E-state index contributed by atoms with van der Waals surface area (Å²) in [4.78, 5) is 19.1. The van der Waals surface area contributed by atoms with E-state index in [4.69, 9.17) is 16.1 Å². The van der Waals surface area contributed by atoms with Gasteiger partial charge >= 0.3 is 0 Å². The van der Waals surface area contributed by atoms with Crippen molar-refractivity contribution in [2.24, 2.45) is 0 Å². The molecular weight excluding hydrogens is 352 g/mol. The second kappa shape index (κ2) is 7.76. The minimum Gasteiger partial charge on any atom is -0.353 e. The Bertz CT molecular complexity index is 749. The number of hydrogen-bond donors (Lipinski definition) is 1. The summed E-state index contributed by atoms with van der Waals surface area (Å²) in [5, 5.41) is 7.78. The first-order chi connectivity index (χ1) is 12.7. The van der Waals surface area contributed by atoms with Crippen LogP contribution in [0.1, 0.15) is 38.0 Å². The van der Waals surface area contributed by atoms with E-state index >= 15 is 0 Å². The van der Waals surface area contributed by atoms with E-state index in [1.807, 2.05) is 12.1 Å². The van der Waals surface area contributed by atoms with Crippen LogP contribution < -0.4 is 5.32 Å². The number of benzene rings is 1. The third-order valence-electron chi connectivity index (χ3n) is 5.09. The number of halogens is 1. The van der Waals surface area contributed by atoms with Crippen molar-refractivity contribution in [1.82, 2.24) is 20.4 Å². The molecule has 0 radical (unpaired) electrons. The molecule has 0 bridgehead atoms. The molecule has 1 amide bonds. The third-order valence-corrected chi connectivity index (χ3v) is 5.35. The van der Waals surface area contributed by atoms with Gasteiger partial charge in [0.05, 0.1) is 0 Å². The van der Waals surface area contributed by atoms with Crippen molar-refractivity contribution < 1.29 is 9.32 Å². The van der Waals surface area contributed by atoms with Crippen molar-refractivity contribution in [1.29, 1.82) is 0 Å². The Labute approximate surface area is 157 Å². The lowest BCUT2D eigenvalue weighted by Crippen LogP contribution is -2.45. The lowest BCUT2D eigenvalue weighted by Gasteiger charge is -2.32. The normalized spacial score (nSPS) is 18.8. The third kappa shape index (κ3) is 4.43. The van der Waals surface area contributed by atoms with Gasteiger partial charge in [0.1, 0.15) is 0 Å². The number of nitrogens with one attached hydrogen (secondary N) is 1. The van der Waals surface area contributed by atoms with Gasteiger partial charge in [-0.05, 0) is 49.9 Å². The number of aromatic nitrogens is 2. The molecule has 0 unspecified atom stereocenters. The SMILES string of the molecule is O=C(CCc1nc(-c2ccc(Cl)cc2)no1)NC1CCN(C2CC2)CC1. The van der Waals surface area contributed by atoms with E-state index in [0.717, 1.165) is 37.5 Å². The molecule has 1 saturated carbocycles. The number of piperidine rings is 1. The molecule has 1 N–H and O–H groups in total. The standard InChI is InChI=1S/C19H23ClN4O2/c20-14-3-1-13(2-4-14)19-22-18(26-23-19)8-7-17(25)21-15-9-11-24(12-10-15)16-5-6-16/h1-4,15-16H,5-12H2,(H,21,25). The van der Waals surface area contributed by atoms with Crippen LogP contribution in [0.2, 0.25) is 5.02 Å². The highest BCUT2D eigenvalue weighted by molar-refractivity contribution is 6.30. The van der Waals surface area contributed by atoms with E-state index in [-0.39, 0.29) is 5.91 Å². The van der Waals surface area contributed by atoms with Crippen LogP contribution in [0.5, 0.6) is 0 Å². The highest BCUT2D eigenvalue weighted by atomic mass is 35.5. The largest absolute Gasteiger partial charge is 0.353 e. The minimum absolute atomic E-state index is 0.0566. The molecule has 1 saturated heterocycles. The van der Waals surface area contributed by atoms with Gasteiger partial charge in [-0.2, -0.15) is 4.98 Å². The number of nitrogens with zero attached hydrogens (tertiary/aromatic N) is 3. The second-order valence-electron chi connectivity index (χ2n) is 7.13. The summed E-state index contributed by atoms with van der Waals surface area (Å²) in [7, 11) is 0. The Hall–Kier alpha value is -1.92. The van der Waals surface area contributed by atoms with E-state index in [9.17, 15) is 4.79 Å². The average molecular weight is 375 g/mol. The number of carbonyl (C=O) groups is 1. The van der Waals surface area contributed by atoms with Crippen LogP contribution in [0, 0.1) is 0 Å². The predicted octanol–water partition coefficient (Wildman–Crippen LogP) is 3.07. The number of amides is 1. The molecule has 2 heterocycles. The number of aryl methyl sites for hydroxylation is 1. The van der Waals surface area contributed by atoms with Crippen LogP contribution in [0.4, 0.5) is 0 Å². The van der Waals surface area contributed by atoms with Crippen molar-refractivity contribution in [2.45, 2.75) is 50.6 Å². The van der Waals surface area contributed by atoms with E-state index in [2.05, 4.69) is 20.4 Å². The van der Waals surface area contributed by atoms with Crippen molar-refractivity contribution in [3.63, 3.8) is 0 Å². The molecule has 7 heteroatoms. The summed E-state index contributed by atoms with van der Waals surface area (Å²) in [6.07, 6.45) is 5.60. The quantitative estimate of drug-likeness (QED) is 0.841.